The van der Waals surface area contributed by atoms with Crippen LogP contribution < -0.4 is 15.8 Å². The Kier molecular flexibility index (Phi) is 5.24. The Hall–Kier alpha value is -1.75. The van der Waals surface area contributed by atoms with Crippen molar-refractivity contribution < 1.29 is 4.74 Å². The highest BCUT2D eigenvalue weighted by Gasteiger charge is 2.20. The minimum Gasteiger partial charge on any atom is -0.493 e. The summed E-state index contributed by atoms with van der Waals surface area (Å²) in [7, 11) is 4.12. The van der Waals surface area contributed by atoms with Gasteiger partial charge in [-0.15, -0.1) is 0 Å². The van der Waals surface area contributed by atoms with E-state index in [1.807, 2.05) is 18.2 Å². The lowest BCUT2D eigenvalue weighted by atomic mass is 10.0. The Morgan fingerprint density at radius 2 is 2.25 bits per heavy atom. The second-order valence-electron chi connectivity index (χ2n) is 5.30. The lowest BCUT2D eigenvalue weighted by Crippen LogP contribution is -2.37. The first kappa shape index (κ1) is 14.7. The van der Waals surface area contributed by atoms with Gasteiger partial charge >= 0.3 is 0 Å². The lowest BCUT2D eigenvalue weighted by molar-refractivity contribution is 0.262. The number of hydrogen-bond donors (Lipinski definition) is 2. The van der Waals surface area contributed by atoms with E-state index < -0.39 is 0 Å². The number of rotatable bonds is 5. The van der Waals surface area contributed by atoms with Crippen LogP contribution in [0.2, 0.25) is 0 Å². The highest BCUT2D eigenvalue weighted by Crippen LogP contribution is 2.31. The van der Waals surface area contributed by atoms with Crippen LogP contribution >= 0.6 is 0 Å². The molecule has 5 heteroatoms. The Balaban J connectivity index is 1.89. The zero-order valence-corrected chi connectivity index (χ0v) is 12.3. The molecule has 1 aromatic rings. The molecule has 0 saturated carbocycles. The third-order valence-electron chi connectivity index (χ3n) is 3.33. The number of aliphatic imine (C=N–C) groups is 1. The van der Waals surface area contributed by atoms with Gasteiger partial charge < -0.3 is 20.7 Å². The van der Waals surface area contributed by atoms with Gasteiger partial charge in [0, 0.05) is 18.5 Å². The Morgan fingerprint density at radius 1 is 1.45 bits per heavy atom. The molecule has 3 N–H and O–H groups in total. The van der Waals surface area contributed by atoms with Crippen LogP contribution in [0.1, 0.15) is 24.4 Å². The number of guanidine groups is 1. The Bertz CT molecular complexity index is 459. The first-order valence-corrected chi connectivity index (χ1v) is 7.09. The number of benzene rings is 1. The Labute approximate surface area is 120 Å². The van der Waals surface area contributed by atoms with Crippen LogP contribution in [0.25, 0.3) is 0 Å². The van der Waals surface area contributed by atoms with Crippen molar-refractivity contribution in [1.29, 1.82) is 0 Å². The third-order valence-corrected chi connectivity index (χ3v) is 3.33. The summed E-state index contributed by atoms with van der Waals surface area (Å²) in [4.78, 5) is 6.53. The molecule has 20 heavy (non-hydrogen) atoms. The number of hydrogen-bond acceptors (Lipinski definition) is 3. The van der Waals surface area contributed by atoms with Gasteiger partial charge in [0.25, 0.3) is 0 Å². The van der Waals surface area contributed by atoms with Crippen molar-refractivity contribution >= 4 is 5.96 Å². The Morgan fingerprint density at radius 3 is 3.05 bits per heavy atom. The fraction of sp³-hybridized carbons (Fsp3) is 0.533. The van der Waals surface area contributed by atoms with Crippen LogP contribution in [-0.4, -0.2) is 44.7 Å². The highest BCUT2D eigenvalue weighted by atomic mass is 16.5. The first-order valence-electron chi connectivity index (χ1n) is 7.09. The van der Waals surface area contributed by atoms with Gasteiger partial charge in [-0.1, -0.05) is 18.2 Å². The molecule has 0 amide bonds. The molecular weight excluding hydrogens is 252 g/mol. The van der Waals surface area contributed by atoms with E-state index in [-0.39, 0.29) is 6.04 Å². The number of fused-ring (bicyclic) bond motifs is 1. The molecule has 1 aliphatic rings. The standard InChI is InChI=1S/C15H24N4O/c1-19(2)10-5-9-17-15(16)18-13-8-11-20-14-7-4-3-6-12(13)14/h3-4,6-7,13H,5,8-11H2,1-2H3,(H3,16,17,18). The van der Waals surface area contributed by atoms with E-state index in [4.69, 9.17) is 10.5 Å². The monoisotopic (exact) mass is 276 g/mol. The van der Waals surface area contributed by atoms with Crippen LogP contribution in [0.3, 0.4) is 0 Å². The zero-order chi connectivity index (χ0) is 14.4. The third kappa shape index (κ3) is 4.13. The van der Waals surface area contributed by atoms with Gasteiger partial charge in [-0.05, 0) is 33.1 Å². The maximum atomic E-state index is 5.96. The van der Waals surface area contributed by atoms with Crippen LogP contribution in [-0.2, 0) is 0 Å². The molecule has 110 valence electrons. The van der Waals surface area contributed by atoms with Gasteiger partial charge in [-0.25, -0.2) is 0 Å². The summed E-state index contributed by atoms with van der Waals surface area (Å²) < 4.78 is 5.63. The summed E-state index contributed by atoms with van der Waals surface area (Å²) >= 11 is 0. The van der Waals surface area contributed by atoms with Gasteiger partial charge in [-0.3, -0.25) is 4.99 Å². The van der Waals surface area contributed by atoms with Gasteiger partial charge in [0.2, 0.25) is 0 Å². The fourth-order valence-electron chi connectivity index (χ4n) is 2.30. The number of para-hydroxylation sites is 1. The molecule has 1 atom stereocenters. The molecule has 1 aromatic carbocycles. The van der Waals surface area contributed by atoms with Crippen molar-refractivity contribution in [2.24, 2.45) is 10.7 Å². The highest BCUT2D eigenvalue weighted by molar-refractivity contribution is 5.78. The molecule has 2 rings (SSSR count). The maximum Gasteiger partial charge on any atom is 0.189 e. The van der Waals surface area contributed by atoms with Crippen molar-refractivity contribution in [3.8, 4) is 5.75 Å². The molecule has 0 aromatic heterocycles. The van der Waals surface area contributed by atoms with E-state index >= 15 is 0 Å². The predicted octanol–water partition coefficient (Wildman–Crippen LogP) is 1.37. The van der Waals surface area contributed by atoms with Crippen LogP contribution in [0.15, 0.2) is 29.3 Å². The summed E-state index contributed by atoms with van der Waals surface area (Å²) in [5.74, 6) is 1.46. The van der Waals surface area contributed by atoms with Crippen molar-refractivity contribution in [2.75, 3.05) is 33.8 Å². The quantitative estimate of drug-likeness (QED) is 0.484. The molecule has 1 unspecified atom stereocenters. The SMILES string of the molecule is CN(C)CCCN=C(N)NC1CCOc2ccccc21. The molecule has 0 radical (unpaired) electrons. The van der Waals surface area contributed by atoms with E-state index in [1.54, 1.807) is 0 Å². The van der Waals surface area contributed by atoms with Crippen molar-refractivity contribution in [2.45, 2.75) is 18.9 Å². The van der Waals surface area contributed by atoms with Crippen LogP contribution in [0, 0.1) is 0 Å². The van der Waals surface area contributed by atoms with Crippen molar-refractivity contribution in [3.05, 3.63) is 29.8 Å². The number of nitrogens with one attached hydrogen (secondary N) is 1. The fourth-order valence-corrected chi connectivity index (χ4v) is 2.30. The smallest absolute Gasteiger partial charge is 0.189 e. The minimum atomic E-state index is 0.192. The number of nitrogens with two attached hydrogens (primary N) is 1. The van der Waals surface area contributed by atoms with Gasteiger partial charge in [-0.2, -0.15) is 0 Å². The minimum absolute atomic E-state index is 0.192. The molecule has 1 aliphatic heterocycles. The zero-order valence-electron chi connectivity index (χ0n) is 12.3. The average molecular weight is 276 g/mol. The molecule has 1 heterocycles. The molecular formula is C15H24N4O. The van der Waals surface area contributed by atoms with Crippen molar-refractivity contribution in [1.82, 2.24) is 10.2 Å². The van der Waals surface area contributed by atoms with Crippen LogP contribution in [0.4, 0.5) is 0 Å². The summed E-state index contributed by atoms with van der Waals surface area (Å²) in [6.45, 7) is 2.49. The van der Waals surface area contributed by atoms with Gasteiger partial charge in [0.15, 0.2) is 5.96 Å². The van der Waals surface area contributed by atoms with Crippen LogP contribution in [0.5, 0.6) is 5.75 Å². The summed E-state index contributed by atoms with van der Waals surface area (Å²) in [6.07, 6.45) is 1.92. The van der Waals surface area contributed by atoms with Gasteiger partial charge in [0.05, 0.1) is 12.6 Å². The number of nitrogens with zero attached hydrogens (tertiary/aromatic N) is 2. The largest absolute Gasteiger partial charge is 0.493 e. The van der Waals surface area contributed by atoms with Crippen molar-refractivity contribution in [3.63, 3.8) is 0 Å². The van der Waals surface area contributed by atoms with E-state index in [1.165, 1.54) is 0 Å². The molecule has 0 spiro atoms. The van der Waals surface area contributed by atoms with E-state index in [2.05, 4.69) is 35.4 Å². The number of ether oxygens (including phenoxy) is 1. The maximum absolute atomic E-state index is 5.96. The lowest BCUT2D eigenvalue weighted by Gasteiger charge is -2.26. The topological polar surface area (TPSA) is 62.9 Å². The van der Waals surface area contributed by atoms with E-state index in [0.29, 0.717) is 12.6 Å². The normalized spacial score (nSPS) is 18.6. The summed E-state index contributed by atoms with van der Waals surface area (Å²) in [6, 6.07) is 8.27. The van der Waals surface area contributed by atoms with E-state index in [9.17, 15) is 0 Å². The second kappa shape index (κ2) is 7.14. The van der Waals surface area contributed by atoms with Gasteiger partial charge in [0.1, 0.15) is 5.75 Å². The first-order chi connectivity index (χ1) is 9.66. The molecule has 0 aliphatic carbocycles. The summed E-state index contributed by atoms with van der Waals surface area (Å²) in [5.41, 5.74) is 7.12. The second-order valence-corrected chi connectivity index (χ2v) is 5.30. The van der Waals surface area contributed by atoms with E-state index in [0.717, 1.165) is 37.2 Å². The summed E-state index contributed by atoms with van der Waals surface area (Å²) in [5, 5.41) is 3.30. The molecule has 0 bridgehead atoms. The molecule has 5 nitrogen and oxygen atoms in total. The predicted molar refractivity (Wildman–Crippen MR) is 82.1 cm³/mol. The molecule has 0 fully saturated rings. The molecule has 0 saturated heterocycles. The average Bonchev–Trinajstić information content (AvgIpc) is 2.44.